The van der Waals surface area contributed by atoms with Gasteiger partial charge in [0.15, 0.2) is 6.29 Å². The molecular formula is C25H38O14. The van der Waals surface area contributed by atoms with E-state index in [-0.39, 0.29) is 25.4 Å². The molecule has 0 aromatic carbocycles. The summed E-state index contributed by atoms with van der Waals surface area (Å²) in [6.07, 6.45) is -8.62. The molecule has 3 aliphatic rings. The Morgan fingerprint density at radius 1 is 1.05 bits per heavy atom. The number of aliphatic hydroxyl groups excluding tert-OH is 4. The van der Waals surface area contributed by atoms with E-state index in [2.05, 4.69) is 0 Å². The zero-order valence-electron chi connectivity index (χ0n) is 22.3. The Labute approximate surface area is 225 Å². The van der Waals surface area contributed by atoms with Crippen LogP contribution in [0.2, 0.25) is 0 Å². The minimum Gasteiger partial charge on any atom is -0.463 e. The van der Waals surface area contributed by atoms with Crippen molar-refractivity contribution in [2.45, 2.75) is 89.2 Å². The van der Waals surface area contributed by atoms with Gasteiger partial charge in [-0.2, -0.15) is 0 Å². The van der Waals surface area contributed by atoms with Crippen LogP contribution in [0.15, 0.2) is 11.8 Å². The molecule has 0 amide bonds. The van der Waals surface area contributed by atoms with Crippen molar-refractivity contribution in [1.82, 2.24) is 0 Å². The van der Waals surface area contributed by atoms with Crippen LogP contribution in [0.5, 0.6) is 0 Å². The van der Waals surface area contributed by atoms with Gasteiger partial charge in [0.25, 0.3) is 0 Å². The number of carbonyl (C=O) groups is 3. The zero-order valence-corrected chi connectivity index (χ0v) is 22.3. The quantitative estimate of drug-likeness (QED) is 0.152. The molecule has 10 atom stereocenters. The van der Waals surface area contributed by atoms with E-state index >= 15 is 0 Å². The van der Waals surface area contributed by atoms with Crippen LogP contribution >= 0.6 is 0 Å². The second-order valence-corrected chi connectivity index (χ2v) is 10.5. The van der Waals surface area contributed by atoms with Gasteiger partial charge in [-0.3, -0.25) is 14.4 Å². The Bertz CT molecular complexity index is 918. The van der Waals surface area contributed by atoms with Crippen molar-refractivity contribution in [3.63, 3.8) is 0 Å². The summed E-state index contributed by atoms with van der Waals surface area (Å²) < 4.78 is 32.8. The van der Waals surface area contributed by atoms with Crippen molar-refractivity contribution in [3.8, 4) is 0 Å². The molecule has 0 aromatic rings. The molecule has 2 heterocycles. The maximum absolute atomic E-state index is 12.5. The first-order chi connectivity index (χ1) is 18.3. The number of hydrogen-bond donors (Lipinski definition) is 5. The molecule has 0 bridgehead atoms. The Kier molecular flexibility index (Phi) is 10.3. The van der Waals surface area contributed by atoms with Gasteiger partial charge in [-0.05, 0) is 17.9 Å². The summed E-state index contributed by atoms with van der Waals surface area (Å²) in [5.41, 5.74) is -1.61. The molecule has 1 saturated heterocycles. The third-order valence-electron chi connectivity index (χ3n) is 7.06. The van der Waals surface area contributed by atoms with Crippen LogP contribution in [0, 0.1) is 17.8 Å². The number of rotatable bonds is 10. The fourth-order valence-corrected chi connectivity index (χ4v) is 5.17. The molecule has 14 heteroatoms. The maximum Gasteiger partial charge on any atom is 0.309 e. The zero-order chi connectivity index (χ0) is 29.1. The minimum absolute atomic E-state index is 0.0211. The average Bonchev–Trinajstić information content (AvgIpc) is 3.13. The minimum atomic E-state index is -2.01. The summed E-state index contributed by atoms with van der Waals surface area (Å²) in [6.45, 7) is 4.44. The van der Waals surface area contributed by atoms with E-state index in [1.807, 2.05) is 13.8 Å². The van der Waals surface area contributed by atoms with Gasteiger partial charge in [0, 0.05) is 26.2 Å². The topological polar surface area (TPSA) is 208 Å². The molecular weight excluding hydrogens is 524 g/mol. The number of carbonyl (C=O) groups excluding carboxylic acids is 3. The molecule has 0 spiro atoms. The van der Waals surface area contributed by atoms with Crippen molar-refractivity contribution in [2.24, 2.45) is 17.8 Å². The van der Waals surface area contributed by atoms with Crippen LogP contribution in [0.4, 0.5) is 0 Å². The van der Waals surface area contributed by atoms with Crippen molar-refractivity contribution < 1.29 is 68.3 Å². The van der Waals surface area contributed by atoms with E-state index in [0.717, 1.165) is 13.8 Å². The number of esters is 3. The fraction of sp³-hybridized carbons (Fsp3) is 0.800. The molecule has 0 radical (unpaired) electrons. The Morgan fingerprint density at radius 3 is 2.33 bits per heavy atom. The van der Waals surface area contributed by atoms with Crippen LogP contribution in [0.1, 0.15) is 40.5 Å². The van der Waals surface area contributed by atoms with Crippen LogP contribution in [0.25, 0.3) is 0 Å². The Hall–Kier alpha value is -2.33. The lowest BCUT2D eigenvalue weighted by Crippen LogP contribution is -2.59. The second-order valence-electron chi connectivity index (χ2n) is 10.5. The van der Waals surface area contributed by atoms with Crippen LogP contribution < -0.4 is 0 Å². The lowest BCUT2D eigenvalue weighted by molar-refractivity contribution is -0.299. The van der Waals surface area contributed by atoms with E-state index < -0.39 is 91.7 Å². The molecule has 2 aliphatic heterocycles. The molecule has 14 nitrogen and oxygen atoms in total. The number of hydrogen-bond acceptors (Lipinski definition) is 14. The lowest BCUT2D eigenvalue weighted by Gasteiger charge is -2.41. The third-order valence-corrected chi connectivity index (χ3v) is 7.06. The molecule has 0 unspecified atom stereocenters. The highest BCUT2D eigenvalue weighted by Crippen LogP contribution is 2.51. The monoisotopic (exact) mass is 562 g/mol. The molecule has 5 N–H and O–H groups in total. The van der Waals surface area contributed by atoms with Crippen molar-refractivity contribution in [1.29, 1.82) is 0 Å². The van der Waals surface area contributed by atoms with Gasteiger partial charge in [-0.25, -0.2) is 0 Å². The number of aliphatic hydroxyl groups is 5. The van der Waals surface area contributed by atoms with Gasteiger partial charge in [0.2, 0.25) is 6.29 Å². The van der Waals surface area contributed by atoms with Gasteiger partial charge in [0.05, 0.1) is 25.4 Å². The van der Waals surface area contributed by atoms with Crippen LogP contribution in [-0.2, 0) is 42.8 Å². The summed E-state index contributed by atoms with van der Waals surface area (Å²) in [6, 6.07) is 0. The van der Waals surface area contributed by atoms with E-state index in [9.17, 15) is 39.9 Å². The molecule has 1 aliphatic carbocycles. The third kappa shape index (κ3) is 7.06. The SMILES string of the molecule is CC(=O)OC[C@]1(O)[C@H]2[C@H](OC(=O)CC(C)C)OC=C(CO[C@H]3O[C@@H](CO)[C@H](O)[C@@H](O)[C@@H]3O)[C@H]2C[C@@H]1OC(C)=O. The lowest BCUT2D eigenvalue weighted by atomic mass is 9.80. The van der Waals surface area contributed by atoms with Gasteiger partial charge < -0.3 is 54.0 Å². The first-order valence-electron chi connectivity index (χ1n) is 12.8. The highest BCUT2D eigenvalue weighted by atomic mass is 16.7. The summed E-state index contributed by atoms with van der Waals surface area (Å²) in [7, 11) is 0. The highest BCUT2D eigenvalue weighted by molar-refractivity contribution is 5.70. The van der Waals surface area contributed by atoms with E-state index in [0.29, 0.717) is 5.57 Å². The van der Waals surface area contributed by atoms with E-state index in [1.165, 1.54) is 6.26 Å². The van der Waals surface area contributed by atoms with Gasteiger partial charge in [0.1, 0.15) is 42.7 Å². The molecule has 2 fully saturated rings. The maximum atomic E-state index is 12.5. The molecule has 39 heavy (non-hydrogen) atoms. The summed E-state index contributed by atoms with van der Waals surface area (Å²) in [5.74, 6) is -3.74. The van der Waals surface area contributed by atoms with Crippen molar-refractivity contribution in [2.75, 3.05) is 19.8 Å². The largest absolute Gasteiger partial charge is 0.463 e. The van der Waals surface area contributed by atoms with Gasteiger partial charge in [-0.1, -0.05) is 13.8 Å². The van der Waals surface area contributed by atoms with E-state index in [1.54, 1.807) is 0 Å². The summed E-state index contributed by atoms with van der Waals surface area (Å²) in [5, 5.41) is 51.5. The second kappa shape index (κ2) is 12.9. The predicted molar refractivity (Wildman–Crippen MR) is 127 cm³/mol. The fourth-order valence-electron chi connectivity index (χ4n) is 5.17. The standard InChI is InChI=1S/C25H38O14/c1-11(2)5-18(29)39-23-19-15(6-17(37-13(4)28)25(19,33)10-36-12(3)27)14(8-34-23)9-35-24-22(32)21(31)20(30)16(7-26)38-24/h8,11,15-17,19-24,26,30-33H,5-7,9-10H2,1-4H3/t15-,16+,17+,19-,20+,21-,22+,23+,24+,25-/m1/s1. The molecule has 3 rings (SSSR count). The average molecular weight is 563 g/mol. The van der Waals surface area contributed by atoms with Crippen molar-refractivity contribution in [3.05, 3.63) is 11.8 Å². The molecule has 1 saturated carbocycles. The Morgan fingerprint density at radius 2 is 1.74 bits per heavy atom. The number of ether oxygens (including phenoxy) is 6. The normalized spacial score (nSPS) is 37.9. The van der Waals surface area contributed by atoms with Crippen molar-refractivity contribution >= 4 is 17.9 Å². The highest BCUT2D eigenvalue weighted by Gasteiger charge is 2.63. The Balaban J connectivity index is 1.88. The van der Waals surface area contributed by atoms with E-state index in [4.69, 9.17) is 28.4 Å². The van der Waals surface area contributed by atoms with Gasteiger partial charge >= 0.3 is 17.9 Å². The first kappa shape index (κ1) is 31.2. The molecule has 0 aromatic heterocycles. The van der Waals surface area contributed by atoms with Crippen LogP contribution in [0.3, 0.4) is 0 Å². The van der Waals surface area contributed by atoms with Crippen LogP contribution in [-0.4, -0.2) is 112 Å². The predicted octanol–water partition coefficient (Wildman–Crippen LogP) is -1.51. The first-order valence-corrected chi connectivity index (χ1v) is 12.8. The van der Waals surface area contributed by atoms with Gasteiger partial charge in [-0.15, -0.1) is 0 Å². The number of fused-ring (bicyclic) bond motifs is 1. The molecule has 222 valence electrons. The summed E-state index contributed by atoms with van der Waals surface area (Å²) in [4.78, 5) is 36.0. The smallest absolute Gasteiger partial charge is 0.309 e. The summed E-state index contributed by atoms with van der Waals surface area (Å²) >= 11 is 0.